The fourth-order valence-corrected chi connectivity index (χ4v) is 5.09. The third-order valence-electron chi connectivity index (χ3n) is 5.54. The van der Waals surface area contributed by atoms with Gasteiger partial charge in [0, 0.05) is 28.8 Å². The molecule has 0 saturated carbocycles. The Morgan fingerprint density at radius 3 is 2.55 bits per heavy atom. The van der Waals surface area contributed by atoms with E-state index in [4.69, 9.17) is 4.98 Å². The monoisotopic (exact) mass is 459 g/mol. The number of hydrogen-bond donors (Lipinski definition) is 1. The minimum atomic E-state index is -2.84. The van der Waals surface area contributed by atoms with Gasteiger partial charge in [0.25, 0.3) is 0 Å². The van der Waals surface area contributed by atoms with Crippen LogP contribution in [0, 0.1) is 5.82 Å². The van der Waals surface area contributed by atoms with Crippen molar-refractivity contribution in [1.29, 1.82) is 0 Å². The molecule has 166 valence electrons. The van der Waals surface area contributed by atoms with Gasteiger partial charge in [-0.25, -0.2) is 18.6 Å². The second-order valence-corrected chi connectivity index (χ2v) is 10.5. The lowest BCUT2D eigenvalue weighted by atomic mass is 9.92. The van der Waals surface area contributed by atoms with E-state index in [2.05, 4.69) is 19.5 Å². The molecule has 5 rings (SSSR count). The first kappa shape index (κ1) is 21.2. The Labute approximate surface area is 191 Å². The van der Waals surface area contributed by atoms with Gasteiger partial charge in [0.2, 0.25) is 0 Å². The van der Waals surface area contributed by atoms with Crippen molar-refractivity contribution < 1.29 is 8.60 Å². The molecule has 0 fully saturated rings. The van der Waals surface area contributed by atoms with Crippen LogP contribution in [0.15, 0.2) is 76.4 Å². The molecule has 0 bridgehead atoms. The maximum absolute atomic E-state index is 13.7. The molecule has 0 saturated heterocycles. The molecule has 0 amide bonds. The highest BCUT2D eigenvalue weighted by molar-refractivity contribution is 7.93. The Kier molecular flexibility index (Phi) is 5.17. The molecule has 2 aromatic carbocycles. The lowest BCUT2D eigenvalue weighted by Gasteiger charge is -2.17. The minimum absolute atomic E-state index is 0.0474. The van der Waals surface area contributed by atoms with Gasteiger partial charge in [-0.1, -0.05) is 32.0 Å². The minimum Gasteiger partial charge on any atom is -0.278 e. The van der Waals surface area contributed by atoms with Gasteiger partial charge in [-0.3, -0.25) is 5.10 Å². The molecule has 1 atom stereocenters. The standard InChI is InChI=1S/C25H22FN5OS/c1-15(2)24-23(16-7-9-18(26)10-8-16)19-12-17-14-28-30-21(17)13-20(19)25(29-24)31-33(3,32)22-6-4-5-11-27-22/h4-15H,1-3H3,(H,28,30). The summed E-state index contributed by atoms with van der Waals surface area (Å²) in [5.41, 5.74) is 3.38. The van der Waals surface area contributed by atoms with Crippen LogP contribution >= 0.6 is 0 Å². The average Bonchev–Trinajstić information content (AvgIpc) is 3.26. The highest BCUT2D eigenvalue weighted by atomic mass is 32.2. The van der Waals surface area contributed by atoms with E-state index >= 15 is 0 Å². The number of halogens is 1. The van der Waals surface area contributed by atoms with Crippen molar-refractivity contribution in [2.24, 2.45) is 4.36 Å². The number of H-pyrrole nitrogens is 1. The molecule has 0 aliphatic rings. The van der Waals surface area contributed by atoms with Crippen LogP contribution in [0.4, 0.5) is 10.2 Å². The fourth-order valence-electron chi connectivity index (χ4n) is 3.94. The molecule has 0 radical (unpaired) electrons. The topological polar surface area (TPSA) is 83.9 Å². The van der Waals surface area contributed by atoms with Gasteiger partial charge in [-0.2, -0.15) is 9.46 Å². The van der Waals surface area contributed by atoms with Gasteiger partial charge in [-0.05, 0) is 53.3 Å². The van der Waals surface area contributed by atoms with Crippen molar-refractivity contribution in [2.45, 2.75) is 24.8 Å². The number of rotatable bonds is 4. The number of benzene rings is 2. The van der Waals surface area contributed by atoms with Gasteiger partial charge in [-0.15, -0.1) is 0 Å². The predicted octanol–water partition coefficient (Wildman–Crippen LogP) is 6.22. The van der Waals surface area contributed by atoms with Gasteiger partial charge in [0.05, 0.1) is 27.1 Å². The normalized spacial score (nSPS) is 13.5. The molecule has 6 nitrogen and oxygen atoms in total. The molecular weight excluding hydrogens is 437 g/mol. The average molecular weight is 460 g/mol. The highest BCUT2D eigenvalue weighted by Crippen LogP contribution is 2.40. The summed E-state index contributed by atoms with van der Waals surface area (Å²) >= 11 is 0. The van der Waals surface area contributed by atoms with E-state index in [1.807, 2.05) is 26.0 Å². The number of aromatic amines is 1. The SMILES string of the molecule is CC(C)c1nc(N=S(C)(=O)c2ccccn2)c2cc3[nH]ncc3cc2c1-c1ccc(F)cc1. The Morgan fingerprint density at radius 1 is 1.06 bits per heavy atom. The van der Waals surface area contributed by atoms with Crippen LogP contribution in [0.3, 0.4) is 0 Å². The lowest BCUT2D eigenvalue weighted by molar-refractivity contribution is 0.628. The van der Waals surface area contributed by atoms with E-state index in [1.165, 1.54) is 12.1 Å². The third-order valence-corrected chi connectivity index (χ3v) is 7.08. The molecule has 3 aromatic heterocycles. The van der Waals surface area contributed by atoms with Crippen LogP contribution in [0.25, 0.3) is 32.8 Å². The third kappa shape index (κ3) is 3.87. The Balaban J connectivity index is 1.90. The van der Waals surface area contributed by atoms with Crippen LogP contribution in [-0.4, -0.2) is 30.6 Å². The summed E-state index contributed by atoms with van der Waals surface area (Å²) in [7, 11) is -2.84. The van der Waals surface area contributed by atoms with Crippen molar-refractivity contribution in [3.63, 3.8) is 0 Å². The van der Waals surface area contributed by atoms with E-state index in [1.54, 1.807) is 49.0 Å². The predicted molar refractivity (Wildman–Crippen MR) is 130 cm³/mol. The summed E-state index contributed by atoms with van der Waals surface area (Å²) in [6.45, 7) is 4.09. The first-order chi connectivity index (χ1) is 15.8. The molecule has 0 aliphatic heterocycles. The van der Waals surface area contributed by atoms with Crippen molar-refractivity contribution in [2.75, 3.05) is 6.26 Å². The van der Waals surface area contributed by atoms with Crippen molar-refractivity contribution in [3.05, 3.63) is 78.5 Å². The first-order valence-electron chi connectivity index (χ1n) is 10.5. The van der Waals surface area contributed by atoms with E-state index in [9.17, 15) is 8.60 Å². The van der Waals surface area contributed by atoms with Crippen LogP contribution in [0.1, 0.15) is 25.5 Å². The zero-order valence-corrected chi connectivity index (χ0v) is 19.2. The van der Waals surface area contributed by atoms with Gasteiger partial charge >= 0.3 is 0 Å². The van der Waals surface area contributed by atoms with Gasteiger partial charge < -0.3 is 0 Å². The van der Waals surface area contributed by atoms with Crippen LogP contribution in [0.2, 0.25) is 0 Å². The Bertz CT molecular complexity index is 1600. The quantitative estimate of drug-likeness (QED) is 0.346. The fraction of sp³-hybridized carbons (Fsp3) is 0.160. The van der Waals surface area contributed by atoms with E-state index < -0.39 is 9.73 Å². The smallest absolute Gasteiger partial charge is 0.170 e. The Hall–Kier alpha value is -3.65. The summed E-state index contributed by atoms with van der Waals surface area (Å²) in [5, 5.41) is 10.1. The molecule has 8 heteroatoms. The summed E-state index contributed by atoms with van der Waals surface area (Å²) in [5.74, 6) is 0.132. The van der Waals surface area contributed by atoms with E-state index in [-0.39, 0.29) is 11.7 Å². The van der Waals surface area contributed by atoms with Crippen molar-refractivity contribution in [3.8, 4) is 11.1 Å². The van der Waals surface area contributed by atoms with E-state index in [0.717, 1.165) is 38.5 Å². The first-order valence-corrected chi connectivity index (χ1v) is 12.5. The number of nitrogens with one attached hydrogen (secondary N) is 1. The molecule has 0 aliphatic carbocycles. The maximum atomic E-state index is 13.7. The highest BCUT2D eigenvalue weighted by Gasteiger charge is 2.20. The number of nitrogens with zero attached hydrogens (tertiary/aromatic N) is 4. The molecule has 33 heavy (non-hydrogen) atoms. The summed E-state index contributed by atoms with van der Waals surface area (Å²) in [6.07, 6.45) is 4.93. The molecule has 5 aromatic rings. The molecule has 0 spiro atoms. The van der Waals surface area contributed by atoms with Crippen molar-refractivity contribution in [1.82, 2.24) is 20.2 Å². The zero-order valence-electron chi connectivity index (χ0n) is 18.4. The lowest BCUT2D eigenvalue weighted by Crippen LogP contribution is -2.02. The maximum Gasteiger partial charge on any atom is 0.170 e. The number of fused-ring (bicyclic) bond motifs is 2. The van der Waals surface area contributed by atoms with E-state index in [0.29, 0.717) is 10.8 Å². The number of hydrogen-bond acceptors (Lipinski definition) is 5. The number of pyridine rings is 2. The second kappa shape index (κ2) is 8.04. The van der Waals surface area contributed by atoms with Crippen LogP contribution in [-0.2, 0) is 9.73 Å². The molecule has 3 heterocycles. The largest absolute Gasteiger partial charge is 0.278 e. The number of aromatic nitrogens is 4. The van der Waals surface area contributed by atoms with Gasteiger partial charge in [0.1, 0.15) is 10.8 Å². The summed E-state index contributed by atoms with van der Waals surface area (Å²) in [6, 6.07) is 15.6. The zero-order chi connectivity index (χ0) is 23.2. The van der Waals surface area contributed by atoms with Crippen molar-refractivity contribution >= 4 is 37.2 Å². The summed E-state index contributed by atoms with van der Waals surface area (Å²) in [4.78, 5) is 9.15. The molecule has 1 N–H and O–H groups in total. The molecular formula is C25H22FN5OS. The van der Waals surface area contributed by atoms with Crippen LogP contribution in [0.5, 0.6) is 0 Å². The second-order valence-electron chi connectivity index (χ2n) is 8.27. The van der Waals surface area contributed by atoms with Gasteiger partial charge in [0.15, 0.2) is 5.82 Å². The van der Waals surface area contributed by atoms with Crippen LogP contribution < -0.4 is 0 Å². The summed E-state index contributed by atoms with van der Waals surface area (Å²) < 4.78 is 31.9. The molecule has 1 unspecified atom stereocenters. The Morgan fingerprint density at radius 2 is 1.85 bits per heavy atom.